The van der Waals surface area contributed by atoms with Crippen LogP contribution in [0.2, 0.25) is 15.1 Å². The van der Waals surface area contributed by atoms with E-state index in [1.807, 2.05) is 36.4 Å². The lowest BCUT2D eigenvalue weighted by Gasteiger charge is -2.48. The number of amides is 8. The van der Waals surface area contributed by atoms with E-state index in [1.165, 1.54) is 64.2 Å². The van der Waals surface area contributed by atoms with Crippen LogP contribution in [0, 0.1) is 0 Å². The maximum Gasteiger partial charge on any atom is 0.333 e. The van der Waals surface area contributed by atoms with E-state index in [4.69, 9.17) is 94.6 Å². The first kappa shape index (κ1) is 101. The number of carbonyl (C=O) groups excluding carboxylic acids is 9. The summed E-state index contributed by atoms with van der Waals surface area (Å²) in [4.78, 5) is 137. The van der Waals surface area contributed by atoms with Crippen molar-refractivity contribution < 1.29 is 137 Å². The number of nitrogens with two attached hydrogens (primary N) is 3. The zero-order valence-corrected chi connectivity index (χ0v) is 75.4. The number of aromatic hydroxyl groups is 1. The molecule has 15 rings (SSSR count). The first-order chi connectivity index (χ1) is 63.6. The van der Waals surface area contributed by atoms with Crippen LogP contribution in [-0.4, -0.2) is 247 Å². The molecule has 0 saturated carbocycles. The second-order valence-corrected chi connectivity index (χ2v) is 35.5. The van der Waals surface area contributed by atoms with Gasteiger partial charge >= 0.3 is 5.97 Å². The number of phenols is 1. The summed E-state index contributed by atoms with van der Waals surface area (Å²) >= 11 is 20.9. The predicted molar refractivity (Wildman–Crippen MR) is 476 cm³/mol. The second kappa shape index (κ2) is 43.0. The minimum absolute atomic E-state index is 0.0447. The van der Waals surface area contributed by atoms with Crippen molar-refractivity contribution in [2.75, 3.05) is 33.4 Å². The molecule has 25 N–H and O–H groups in total. The second-order valence-electron chi connectivity index (χ2n) is 34.2. The number of carbonyl (C=O) groups is 9. The molecule has 3 fully saturated rings. The van der Waals surface area contributed by atoms with Crippen LogP contribution in [0.15, 0.2) is 133 Å². The van der Waals surface area contributed by atoms with E-state index in [1.54, 1.807) is 26.0 Å². The summed E-state index contributed by atoms with van der Waals surface area (Å²) in [6.45, 7) is 5.96. The van der Waals surface area contributed by atoms with Crippen molar-refractivity contribution >= 4 is 88.0 Å². The number of hydrogen-bond donors (Lipinski definition) is 22. The van der Waals surface area contributed by atoms with Crippen LogP contribution in [0.1, 0.15) is 142 Å². The lowest BCUT2D eigenvalue weighted by molar-refractivity contribution is -0.334. The van der Waals surface area contributed by atoms with Crippen LogP contribution >= 0.6 is 34.8 Å². The fourth-order valence-electron chi connectivity index (χ4n) is 16.8. The van der Waals surface area contributed by atoms with E-state index in [-0.39, 0.29) is 72.3 Å². The third-order valence-corrected chi connectivity index (χ3v) is 24.9. The number of aliphatic hydroxyl groups is 9. The quantitative estimate of drug-likeness (QED) is 0.0220. The highest BCUT2D eigenvalue weighted by molar-refractivity contribution is 6.32. The molecule has 8 amide bonds. The van der Waals surface area contributed by atoms with Gasteiger partial charge in [-0.15, -0.1) is 0 Å². The number of ether oxygens (including phenoxy) is 9. The molecule has 7 aromatic carbocycles. The monoisotopic (exact) mass is 1920 g/mol. The summed E-state index contributed by atoms with van der Waals surface area (Å²) in [5, 5.41) is 139. The van der Waals surface area contributed by atoms with Crippen LogP contribution < -0.4 is 79.3 Å². The Kier molecular flexibility index (Phi) is 32.3. The van der Waals surface area contributed by atoms with Gasteiger partial charge in [-0.2, -0.15) is 0 Å². The normalized spacial score (nSPS) is 28.7. The fraction of sp³-hybridized carbons (Fsp3) is 0.440. The average Bonchev–Trinajstić information content (AvgIpc) is 0.761. The largest absolute Gasteiger partial charge is 0.508 e. The average molecular weight is 1920 g/mol. The van der Waals surface area contributed by atoms with Gasteiger partial charge in [0.1, 0.15) is 78.0 Å². The van der Waals surface area contributed by atoms with Gasteiger partial charge in [0.25, 0.3) is 5.91 Å². The van der Waals surface area contributed by atoms with E-state index in [9.17, 15) is 65.4 Å². The van der Waals surface area contributed by atoms with E-state index in [0.29, 0.717) is 11.4 Å². The van der Waals surface area contributed by atoms with Gasteiger partial charge in [-0.05, 0) is 183 Å². The number of aliphatic hydroxyl groups excluding tert-OH is 8. The highest BCUT2D eigenvalue weighted by Gasteiger charge is 2.53. The SMILES string of the molecule is CN[C@H](CC(C)O)C(=O)N[C@H]1C(=O)N[C@@H](CC(N)=O)C(=O)N[C@H]2C(=O)N[C@H]3C(=O)N[C@H](C(=O)N[C@H](C(=O)OCC(=O)NCCCN)c4cc(O)ccc4-c4cc3ccc4C(O)O)[C@H](O[C@H]3C[C@](C)(N)[C@@H](O)[C@H](C)O3)c3ccc(c(Cl)c3)Oc3cc2cc(c3O[C@@H]2O[C@H](CO)[C@@H](O)[C@H](O)[C@H]2O[C@H]2C[C@](C)(NCc3ccc(-c4ccc(Cl)cc4)cc3)[C@@H](O)[C@H](C)O2)Oc2ccc(cc2Cl)[C@H]1O. The van der Waals surface area contributed by atoms with Gasteiger partial charge < -0.3 is 159 Å². The Bertz CT molecular complexity index is 5500. The molecule has 11 bridgehead atoms. The molecule has 8 aliphatic heterocycles. The van der Waals surface area contributed by atoms with Crippen molar-refractivity contribution in [3.8, 4) is 56.8 Å². The molecular formula is C91H107Cl3N12O28. The van der Waals surface area contributed by atoms with Gasteiger partial charge in [0, 0.05) is 47.6 Å². The molecule has 3 saturated heterocycles. The summed E-state index contributed by atoms with van der Waals surface area (Å²) in [6, 6.07) is 15.9. The number of fused-ring (bicyclic) bond motifs is 15. The molecule has 0 spiro atoms. The smallest absolute Gasteiger partial charge is 0.333 e. The van der Waals surface area contributed by atoms with Crippen LogP contribution in [0.3, 0.4) is 0 Å². The first-order valence-corrected chi connectivity index (χ1v) is 44.2. The van der Waals surface area contributed by atoms with Crippen molar-refractivity contribution in [3.05, 3.63) is 187 Å². The Morgan fingerprint density at radius 3 is 1.88 bits per heavy atom. The number of esters is 1. The summed E-state index contributed by atoms with van der Waals surface area (Å²) in [6.07, 6.45) is -27.1. The van der Waals surface area contributed by atoms with Crippen molar-refractivity contribution in [2.45, 2.75) is 219 Å². The highest BCUT2D eigenvalue weighted by Crippen LogP contribution is 2.50. The number of halogens is 3. The molecule has 0 aromatic heterocycles. The van der Waals surface area contributed by atoms with Crippen LogP contribution in [0.25, 0.3) is 22.3 Å². The Hall–Kier alpha value is -10.9. The minimum atomic E-state index is -2.44. The summed E-state index contributed by atoms with van der Waals surface area (Å²) < 4.78 is 58.8. The third kappa shape index (κ3) is 23.1. The van der Waals surface area contributed by atoms with Gasteiger partial charge in [0.05, 0.1) is 59.6 Å². The Morgan fingerprint density at radius 1 is 0.649 bits per heavy atom. The molecule has 8 heterocycles. The van der Waals surface area contributed by atoms with E-state index < -0.39 is 274 Å². The van der Waals surface area contributed by atoms with Gasteiger partial charge in [-0.1, -0.05) is 102 Å². The standard InChI is InChI=1S/C91H107Cl3N12O28/c1-39(108)26-57(98-6)81(117)105-71-73(112)46-15-22-59(55(93)28-46)129-61-30-48-31-62(77(61)134-89-78(75(114)74(113)63(37-107)131-89)133-67-35-91(5,80(116)41(3)128-67)100-36-42-8-10-43(11-9-42)44-12-17-49(92)18-13-44)130-60-23-16-47(29-56(60)94)76(132-66-34-90(4,97)79(115)40(2)127-66)72-86(122)104-70(88(125)126-38-65(111)99-25-7-24-95)54-32-50(109)19-21-51(54)53-27-45(14-20-52(53)87(123)124)68(83(119)106-72)103-84(120)69(48)102-82(118)58(33-64(96)110)101-85(71)121/h8-23,27-32,39-41,57-58,63,66-76,78-80,87,89,98,100,107-109,112-116,123-124H,7,24-26,33-38,95,97H2,1-6H3,(H2,96,110)(H,99,111)(H,101,121)(H,102,118)(H,103,120)(H,104,122)(H,105,117)(H,106,119)/t39?,40-,41-,57+,58-,63+,66-,67-,68+,69+,70-,71+,72-,73+,74+,75-,76+,78+,79-,80-,89-,90-,91-/m0/s1. The number of likely N-dealkylation sites (N-methyl/N-ethyl adjacent to an activating group) is 1. The fourth-order valence-corrected chi connectivity index (χ4v) is 17.4. The number of nitrogens with one attached hydrogen (secondary N) is 9. The Balaban J connectivity index is 1.02. The molecule has 7 aromatic rings. The highest BCUT2D eigenvalue weighted by atomic mass is 35.5. The summed E-state index contributed by atoms with van der Waals surface area (Å²) in [5.41, 5.74) is 15.5. The van der Waals surface area contributed by atoms with Gasteiger partial charge in [-0.25, -0.2) is 4.79 Å². The topological polar surface area (TPSA) is 625 Å². The molecule has 1 unspecified atom stereocenters. The van der Waals surface area contributed by atoms with Crippen molar-refractivity contribution in [1.82, 2.24) is 47.9 Å². The summed E-state index contributed by atoms with van der Waals surface area (Å²) in [7, 11) is 1.36. The van der Waals surface area contributed by atoms with Crippen LogP contribution in [0.5, 0.6) is 34.5 Å². The zero-order chi connectivity index (χ0) is 96.8. The van der Waals surface area contributed by atoms with Gasteiger partial charge in [0.15, 0.2) is 49.1 Å². The van der Waals surface area contributed by atoms with E-state index in [2.05, 4.69) is 47.9 Å². The van der Waals surface area contributed by atoms with E-state index in [0.717, 1.165) is 65.2 Å². The molecule has 23 atom stereocenters. The number of hydrogen-bond acceptors (Lipinski definition) is 32. The number of rotatable bonds is 25. The molecule has 0 radical (unpaired) electrons. The van der Waals surface area contributed by atoms with Crippen molar-refractivity contribution in [2.24, 2.45) is 17.2 Å². The molecule has 43 heteroatoms. The van der Waals surface area contributed by atoms with Crippen molar-refractivity contribution in [1.29, 1.82) is 0 Å². The summed E-state index contributed by atoms with van der Waals surface area (Å²) in [5.74, 6) is -15.1. The first-order valence-electron chi connectivity index (χ1n) is 43.0. The maximum atomic E-state index is 16.8. The minimum Gasteiger partial charge on any atom is -0.508 e. The third-order valence-electron chi connectivity index (χ3n) is 24.1. The molecule has 8 aliphatic rings. The van der Waals surface area contributed by atoms with Gasteiger partial charge in [0.2, 0.25) is 53.4 Å². The molecular weight excluding hydrogens is 1820 g/mol. The molecule has 0 aliphatic carbocycles. The molecule has 40 nitrogen and oxygen atoms in total. The van der Waals surface area contributed by atoms with Crippen LogP contribution in [0.4, 0.5) is 0 Å². The predicted octanol–water partition coefficient (Wildman–Crippen LogP) is 1.72. The lowest BCUT2D eigenvalue weighted by atomic mass is 9.84. The van der Waals surface area contributed by atoms with E-state index >= 15 is 28.8 Å². The van der Waals surface area contributed by atoms with Crippen LogP contribution in [-0.2, 0) is 78.1 Å². The number of benzene rings is 7. The Labute approximate surface area is 782 Å². The number of primary amides is 1. The van der Waals surface area contributed by atoms with Gasteiger partial charge in [-0.3, -0.25) is 38.4 Å². The maximum absolute atomic E-state index is 16.8. The lowest BCUT2D eigenvalue weighted by Crippen LogP contribution is -2.65. The Morgan fingerprint density at radius 2 is 1.26 bits per heavy atom. The molecule has 720 valence electrons. The number of phenolic OH excluding ortho intramolecular Hbond substituents is 1. The zero-order valence-electron chi connectivity index (χ0n) is 73.2. The molecule has 134 heavy (non-hydrogen) atoms. The van der Waals surface area contributed by atoms with Crippen molar-refractivity contribution in [3.63, 3.8) is 0 Å².